The Hall–Kier alpha value is -1.26. The summed E-state index contributed by atoms with van der Waals surface area (Å²) in [6.45, 7) is 6.65. The molecule has 2 rings (SSSR count). The van der Waals surface area contributed by atoms with E-state index in [0.717, 1.165) is 19.3 Å². The molecule has 102 valence electrons. The Morgan fingerprint density at radius 2 is 2.00 bits per heavy atom. The van der Waals surface area contributed by atoms with Gasteiger partial charge >= 0.3 is 12.0 Å². The van der Waals surface area contributed by atoms with Gasteiger partial charge in [0.2, 0.25) is 0 Å². The van der Waals surface area contributed by atoms with Crippen LogP contribution < -0.4 is 5.32 Å². The monoisotopic (exact) mass is 254 g/mol. The molecule has 3 atom stereocenters. The number of carboxylic acids is 1. The Kier molecular flexibility index (Phi) is 3.25. The summed E-state index contributed by atoms with van der Waals surface area (Å²) in [5, 5.41) is 12.2. The fourth-order valence-corrected chi connectivity index (χ4v) is 2.74. The summed E-state index contributed by atoms with van der Waals surface area (Å²) in [7, 11) is 0. The minimum Gasteiger partial charge on any atom is -0.480 e. The molecule has 2 fully saturated rings. The van der Waals surface area contributed by atoms with Gasteiger partial charge in [-0.2, -0.15) is 0 Å². The maximum atomic E-state index is 12.1. The molecule has 0 aromatic rings. The molecule has 0 aromatic carbocycles. The number of aliphatic carboxylic acids is 1. The van der Waals surface area contributed by atoms with Crippen LogP contribution in [0.1, 0.15) is 40.0 Å². The lowest BCUT2D eigenvalue weighted by atomic mass is 9.91. The molecule has 0 radical (unpaired) electrons. The van der Waals surface area contributed by atoms with Crippen LogP contribution in [0.3, 0.4) is 0 Å². The van der Waals surface area contributed by atoms with Gasteiger partial charge in [-0.3, -0.25) is 0 Å². The molecule has 0 spiro atoms. The summed E-state index contributed by atoms with van der Waals surface area (Å²) in [5.41, 5.74) is 0.162. The molecule has 0 bridgehead atoms. The summed E-state index contributed by atoms with van der Waals surface area (Å²) in [5.74, 6) is -0.873. The zero-order chi connectivity index (χ0) is 13.5. The molecule has 2 aliphatic rings. The van der Waals surface area contributed by atoms with Crippen LogP contribution in [0.4, 0.5) is 4.79 Å². The number of nitrogens with one attached hydrogen (secondary N) is 1. The van der Waals surface area contributed by atoms with Gasteiger partial charge in [-0.15, -0.1) is 0 Å². The standard InChI is InChI=1S/C13H22N2O3/c1-8-5-4-6-15(10(8)11(16)17)12(18)14-9-7-13(9,2)3/h8-10H,4-7H2,1-3H3,(H,14,18)(H,16,17). The number of amides is 2. The zero-order valence-electron chi connectivity index (χ0n) is 11.3. The molecular weight excluding hydrogens is 232 g/mol. The highest BCUT2D eigenvalue weighted by atomic mass is 16.4. The van der Waals surface area contributed by atoms with Gasteiger partial charge in [-0.1, -0.05) is 20.8 Å². The van der Waals surface area contributed by atoms with Crippen molar-refractivity contribution in [1.29, 1.82) is 0 Å². The Balaban J connectivity index is 2.01. The van der Waals surface area contributed by atoms with Crippen molar-refractivity contribution in [3.63, 3.8) is 0 Å². The number of carbonyl (C=O) groups excluding carboxylic acids is 1. The van der Waals surface area contributed by atoms with E-state index in [1.54, 1.807) is 0 Å². The molecule has 1 aliphatic heterocycles. The van der Waals surface area contributed by atoms with Crippen LogP contribution in [0.25, 0.3) is 0 Å². The fraction of sp³-hybridized carbons (Fsp3) is 0.846. The van der Waals surface area contributed by atoms with E-state index in [2.05, 4.69) is 19.2 Å². The van der Waals surface area contributed by atoms with Crippen molar-refractivity contribution >= 4 is 12.0 Å². The minimum atomic E-state index is -0.896. The summed E-state index contributed by atoms with van der Waals surface area (Å²) in [6, 6.07) is -0.707. The van der Waals surface area contributed by atoms with Crippen LogP contribution in [0.2, 0.25) is 0 Å². The maximum absolute atomic E-state index is 12.1. The van der Waals surface area contributed by atoms with Crippen LogP contribution in [-0.2, 0) is 4.79 Å². The number of urea groups is 1. The third kappa shape index (κ3) is 2.44. The van der Waals surface area contributed by atoms with Crippen molar-refractivity contribution in [1.82, 2.24) is 10.2 Å². The van der Waals surface area contributed by atoms with Crippen molar-refractivity contribution in [2.45, 2.75) is 52.1 Å². The van der Waals surface area contributed by atoms with E-state index in [4.69, 9.17) is 0 Å². The van der Waals surface area contributed by atoms with Crippen molar-refractivity contribution in [2.24, 2.45) is 11.3 Å². The van der Waals surface area contributed by atoms with Gasteiger partial charge in [0, 0.05) is 12.6 Å². The molecule has 1 aliphatic carbocycles. The summed E-state index contributed by atoms with van der Waals surface area (Å²) in [6.07, 6.45) is 2.72. The molecule has 5 heteroatoms. The first kappa shape index (κ1) is 13.2. The number of likely N-dealkylation sites (tertiary alicyclic amines) is 1. The summed E-state index contributed by atoms with van der Waals surface area (Å²) in [4.78, 5) is 24.9. The van der Waals surface area contributed by atoms with Crippen LogP contribution in [0.15, 0.2) is 0 Å². The highest BCUT2D eigenvalue weighted by molar-refractivity contribution is 5.83. The smallest absolute Gasteiger partial charge is 0.326 e. The van der Waals surface area contributed by atoms with E-state index in [1.807, 2.05) is 6.92 Å². The van der Waals surface area contributed by atoms with Crippen LogP contribution in [0, 0.1) is 11.3 Å². The first-order chi connectivity index (χ1) is 8.33. The number of hydrogen-bond donors (Lipinski definition) is 2. The Morgan fingerprint density at radius 3 is 2.50 bits per heavy atom. The molecule has 18 heavy (non-hydrogen) atoms. The number of piperidine rings is 1. The van der Waals surface area contributed by atoms with Crippen molar-refractivity contribution < 1.29 is 14.7 Å². The van der Waals surface area contributed by atoms with Gasteiger partial charge < -0.3 is 15.3 Å². The summed E-state index contributed by atoms with van der Waals surface area (Å²) >= 11 is 0. The molecule has 0 aromatic heterocycles. The first-order valence-electron chi connectivity index (χ1n) is 6.63. The second-order valence-corrected chi connectivity index (χ2v) is 6.29. The van der Waals surface area contributed by atoms with E-state index in [-0.39, 0.29) is 23.4 Å². The van der Waals surface area contributed by atoms with Gasteiger partial charge in [0.05, 0.1) is 0 Å². The Bertz CT molecular complexity index is 367. The van der Waals surface area contributed by atoms with Gasteiger partial charge in [-0.05, 0) is 30.6 Å². The number of rotatable bonds is 2. The van der Waals surface area contributed by atoms with E-state index in [9.17, 15) is 14.7 Å². The molecule has 1 saturated heterocycles. The minimum absolute atomic E-state index is 0.0224. The van der Waals surface area contributed by atoms with Crippen LogP contribution in [-0.4, -0.2) is 40.6 Å². The second kappa shape index (κ2) is 4.44. The average Bonchev–Trinajstić information content (AvgIpc) is 2.84. The second-order valence-electron chi connectivity index (χ2n) is 6.29. The topological polar surface area (TPSA) is 69.6 Å². The van der Waals surface area contributed by atoms with E-state index in [0.29, 0.717) is 6.54 Å². The van der Waals surface area contributed by atoms with Gasteiger partial charge in [0.25, 0.3) is 0 Å². The molecular formula is C13H22N2O3. The molecule has 2 amide bonds. The molecule has 5 nitrogen and oxygen atoms in total. The third-order valence-electron chi connectivity index (χ3n) is 4.26. The lowest BCUT2D eigenvalue weighted by Crippen LogP contribution is -2.55. The summed E-state index contributed by atoms with van der Waals surface area (Å²) < 4.78 is 0. The maximum Gasteiger partial charge on any atom is 0.326 e. The zero-order valence-corrected chi connectivity index (χ0v) is 11.3. The quantitative estimate of drug-likeness (QED) is 0.787. The number of hydrogen-bond acceptors (Lipinski definition) is 2. The highest BCUT2D eigenvalue weighted by Gasteiger charge is 2.48. The van der Waals surface area contributed by atoms with Crippen molar-refractivity contribution in [2.75, 3.05) is 6.54 Å². The molecule has 1 heterocycles. The van der Waals surface area contributed by atoms with Gasteiger partial charge in [0.15, 0.2) is 0 Å². The predicted octanol–water partition coefficient (Wildman–Crippen LogP) is 1.68. The normalized spacial score (nSPS) is 33.9. The lowest BCUT2D eigenvalue weighted by Gasteiger charge is -2.37. The molecule has 1 saturated carbocycles. The SMILES string of the molecule is CC1CCCN(C(=O)NC2CC2(C)C)C1C(=O)O. The number of carboxylic acid groups (broad SMARTS) is 1. The van der Waals surface area contributed by atoms with Crippen LogP contribution in [0.5, 0.6) is 0 Å². The van der Waals surface area contributed by atoms with Crippen molar-refractivity contribution in [3.8, 4) is 0 Å². The Labute approximate surface area is 108 Å². The highest BCUT2D eigenvalue weighted by Crippen LogP contribution is 2.44. The number of nitrogens with zero attached hydrogens (tertiary/aromatic N) is 1. The first-order valence-corrected chi connectivity index (χ1v) is 6.63. The van der Waals surface area contributed by atoms with E-state index >= 15 is 0 Å². The average molecular weight is 254 g/mol. The van der Waals surface area contributed by atoms with Gasteiger partial charge in [-0.25, -0.2) is 9.59 Å². The van der Waals surface area contributed by atoms with E-state index in [1.165, 1.54) is 4.90 Å². The molecule has 3 unspecified atom stereocenters. The predicted molar refractivity (Wildman–Crippen MR) is 67.2 cm³/mol. The number of carbonyl (C=O) groups is 2. The Morgan fingerprint density at radius 1 is 1.39 bits per heavy atom. The van der Waals surface area contributed by atoms with E-state index < -0.39 is 12.0 Å². The largest absolute Gasteiger partial charge is 0.480 e. The fourth-order valence-electron chi connectivity index (χ4n) is 2.74. The van der Waals surface area contributed by atoms with Crippen LogP contribution >= 0.6 is 0 Å². The lowest BCUT2D eigenvalue weighted by molar-refractivity contribution is -0.145. The third-order valence-corrected chi connectivity index (χ3v) is 4.26. The van der Waals surface area contributed by atoms with Crippen molar-refractivity contribution in [3.05, 3.63) is 0 Å². The molecule has 2 N–H and O–H groups in total. The van der Waals surface area contributed by atoms with Gasteiger partial charge in [0.1, 0.15) is 6.04 Å².